The number of hydrogen-bond acceptors (Lipinski definition) is 2. The maximum absolute atomic E-state index is 5.48. The first-order chi connectivity index (χ1) is 8.91. The third-order valence-corrected chi connectivity index (χ3v) is 3.39. The lowest BCUT2D eigenvalue weighted by Gasteiger charge is -2.04. The van der Waals surface area contributed by atoms with E-state index in [9.17, 15) is 0 Å². The standard InChI is InChI=1S/C16H35NO.ClH/c1-2-3-4-5-6-7-8-9-10-11-12-15-18-16-13-14-17;/h2-17H2,1H3;1H. The van der Waals surface area contributed by atoms with Gasteiger partial charge >= 0.3 is 0 Å². The number of ether oxygens (including phenoxy) is 1. The molecule has 3 heteroatoms. The van der Waals surface area contributed by atoms with Gasteiger partial charge in [-0.15, -0.1) is 12.4 Å². The van der Waals surface area contributed by atoms with Crippen LogP contribution in [0.5, 0.6) is 0 Å². The molecule has 0 spiro atoms. The smallest absolute Gasteiger partial charge is 0.0478 e. The Hall–Kier alpha value is 0.210. The van der Waals surface area contributed by atoms with E-state index in [4.69, 9.17) is 10.5 Å². The minimum absolute atomic E-state index is 0. The molecule has 0 unspecified atom stereocenters. The average molecular weight is 294 g/mol. The quantitative estimate of drug-likeness (QED) is 0.427. The summed E-state index contributed by atoms with van der Waals surface area (Å²) in [4.78, 5) is 0. The van der Waals surface area contributed by atoms with Gasteiger partial charge in [0.1, 0.15) is 0 Å². The zero-order valence-corrected chi connectivity index (χ0v) is 13.8. The predicted octanol–water partition coefficient (Wildman–Crippen LogP) is 5.08. The van der Waals surface area contributed by atoms with Gasteiger partial charge in [-0.2, -0.15) is 0 Å². The average Bonchev–Trinajstić information content (AvgIpc) is 2.39. The molecule has 0 rings (SSSR count). The maximum Gasteiger partial charge on any atom is 0.0478 e. The molecule has 2 N–H and O–H groups in total. The van der Waals surface area contributed by atoms with Crippen molar-refractivity contribution in [3.8, 4) is 0 Å². The molecular formula is C16H36ClNO. The van der Waals surface area contributed by atoms with Crippen molar-refractivity contribution in [1.82, 2.24) is 0 Å². The van der Waals surface area contributed by atoms with Gasteiger partial charge in [-0.05, 0) is 19.4 Å². The van der Waals surface area contributed by atoms with Crippen molar-refractivity contribution >= 4 is 12.4 Å². The van der Waals surface area contributed by atoms with E-state index >= 15 is 0 Å². The van der Waals surface area contributed by atoms with Gasteiger partial charge in [0.25, 0.3) is 0 Å². The Morgan fingerprint density at radius 3 is 1.53 bits per heavy atom. The van der Waals surface area contributed by atoms with Gasteiger partial charge in [-0.3, -0.25) is 0 Å². The number of hydrogen-bond donors (Lipinski definition) is 1. The van der Waals surface area contributed by atoms with Gasteiger partial charge in [0.2, 0.25) is 0 Å². The molecule has 0 radical (unpaired) electrons. The first-order valence-electron chi connectivity index (χ1n) is 8.19. The largest absolute Gasteiger partial charge is 0.381 e. The summed E-state index contributed by atoms with van der Waals surface area (Å²) in [5, 5.41) is 0. The summed E-state index contributed by atoms with van der Waals surface area (Å²) >= 11 is 0. The third-order valence-electron chi connectivity index (χ3n) is 3.39. The van der Waals surface area contributed by atoms with Crippen LogP contribution in [0.4, 0.5) is 0 Å². The fourth-order valence-electron chi connectivity index (χ4n) is 2.16. The van der Waals surface area contributed by atoms with Crippen LogP contribution in [-0.2, 0) is 4.74 Å². The van der Waals surface area contributed by atoms with Gasteiger partial charge in [-0.25, -0.2) is 0 Å². The molecule has 0 saturated heterocycles. The summed E-state index contributed by atoms with van der Waals surface area (Å²) in [6.45, 7) is 4.79. The van der Waals surface area contributed by atoms with E-state index in [2.05, 4.69) is 6.92 Å². The van der Waals surface area contributed by atoms with Crippen molar-refractivity contribution in [2.45, 2.75) is 84.0 Å². The Morgan fingerprint density at radius 2 is 1.05 bits per heavy atom. The van der Waals surface area contributed by atoms with E-state index < -0.39 is 0 Å². The third kappa shape index (κ3) is 20.7. The van der Waals surface area contributed by atoms with Gasteiger partial charge in [-0.1, -0.05) is 71.1 Å². The lowest BCUT2D eigenvalue weighted by atomic mass is 10.1. The fraction of sp³-hybridized carbons (Fsp3) is 1.00. The molecule has 0 heterocycles. The zero-order chi connectivity index (χ0) is 13.3. The Morgan fingerprint density at radius 1 is 0.632 bits per heavy atom. The van der Waals surface area contributed by atoms with E-state index in [-0.39, 0.29) is 12.4 Å². The van der Waals surface area contributed by atoms with Crippen LogP contribution >= 0.6 is 12.4 Å². The molecule has 0 aromatic heterocycles. The van der Waals surface area contributed by atoms with Gasteiger partial charge in [0.05, 0.1) is 0 Å². The van der Waals surface area contributed by atoms with Gasteiger partial charge in [0.15, 0.2) is 0 Å². The highest BCUT2D eigenvalue weighted by Gasteiger charge is 1.93. The summed E-state index contributed by atoms with van der Waals surface area (Å²) < 4.78 is 5.48. The normalized spacial score (nSPS) is 10.4. The second kappa shape index (κ2) is 20.5. The van der Waals surface area contributed by atoms with Crippen molar-refractivity contribution in [3.63, 3.8) is 0 Å². The van der Waals surface area contributed by atoms with Crippen LogP contribution in [0.15, 0.2) is 0 Å². The molecule has 2 nitrogen and oxygen atoms in total. The predicted molar refractivity (Wildman–Crippen MR) is 88.2 cm³/mol. The van der Waals surface area contributed by atoms with Crippen LogP contribution in [0.25, 0.3) is 0 Å². The Balaban J connectivity index is 0. The highest BCUT2D eigenvalue weighted by molar-refractivity contribution is 5.85. The van der Waals surface area contributed by atoms with Crippen LogP contribution in [-0.4, -0.2) is 19.8 Å². The summed E-state index contributed by atoms with van der Waals surface area (Å²) in [6.07, 6.45) is 16.3. The van der Waals surface area contributed by atoms with Crippen LogP contribution < -0.4 is 5.73 Å². The topological polar surface area (TPSA) is 35.2 Å². The van der Waals surface area contributed by atoms with E-state index in [0.717, 1.165) is 26.2 Å². The SMILES string of the molecule is CCCCCCCCCCCCCOCCCN.Cl. The monoisotopic (exact) mass is 293 g/mol. The molecule has 0 amide bonds. The van der Waals surface area contributed by atoms with Crippen LogP contribution in [0.2, 0.25) is 0 Å². The van der Waals surface area contributed by atoms with Crippen molar-refractivity contribution in [1.29, 1.82) is 0 Å². The highest BCUT2D eigenvalue weighted by atomic mass is 35.5. The Kier molecular flexibility index (Phi) is 23.2. The molecule has 0 saturated carbocycles. The molecule has 0 aliphatic heterocycles. The molecule has 0 bridgehead atoms. The minimum atomic E-state index is 0. The number of rotatable bonds is 15. The summed E-state index contributed by atoms with van der Waals surface area (Å²) in [7, 11) is 0. The van der Waals surface area contributed by atoms with E-state index in [1.165, 1.54) is 70.6 Å². The zero-order valence-electron chi connectivity index (χ0n) is 13.0. The maximum atomic E-state index is 5.48. The molecule has 0 aromatic rings. The van der Waals surface area contributed by atoms with Crippen LogP contribution in [0.1, 0.15) is 84.0 Å². The van der Waals surface area contributed by atoms with E-state index in [1.807, 2.05) is 0 Å². The molecule has 0 aliphatic carbocycles. The van der Waals surface area contributed by atoms with Crippen molar-refractivity contribution in [2.75, 3.05) is 19.8 Å². The molecular weight excluding hydrogens is 258 g/mol. The number of nitrogens with two attached hydrogens (primary N) is 1. The van der Waals surface area contributed by atoms with E-state index in [0.29, 0.717) is 0 Å². The Labute approximate surface area is 127 Å². The lowest BCUT2D eigenvalue weighted by molar-refractivity contribution is 0.129. The molecule has 0 aliphatic rings. The number of unbranched alkanes of at least 4 members (excludes halogenated alkanes) is 10. The first kappa shape index (κ1) is 21.5. The molecule has 0 fully saturated rings. The second-order valence-corrected chi connectivity index (χ2v) is 5.29. The first-order valence-corrected chi connectivity index (χ1v) is 8.19. The lowest BCUT2D eigenvalue weighted by Crippen LogP contribution is -2.04. The highest BCUT2D eigenvalue weighted by Crippen LogP contribution is 2.11. The van der Waals surface area contributed by atoms with Crippen molar-refractivity contribution < 1.29 is 4.74 Å². The van der Waals surface area contributed by atoms with Crippen LogP contribution in [0, 0.1) is 0 Å². The van der Waals surface area contributed by atoms with E-state index in [1.54, 1.807) is 0 Å². The minimum Gasteiger partial charge on any atom is -0.381 e. The fourth-order valence-corrected chi connectivity index (χ4v) is 2.16. The van der Waals surface area contributed by atoms with Gasteiger partial charge in [0, 0.05) is 13.2 Å². The number of halogens is 1. The van der Waals surface area contributed by atoms with Crippen molar-refractivity contribution in [3.05, 3.63) is 0 Å². The van der Waals surface area contributed by atoms with Crippen molar-refractivity contribution in [2.24, 2.45) is 5.73 Å². The molecule has 0 atom stereocenters. The molecule has 0 aromatic carbocycles. The Bertz CT molecular complexity index is 129. The summed E-state index contributed by atoms with van der Waals surface area (Å²) in [6, 6.07) is 0. The summed E-state index contributed by atoms with van der Waals surface area (Å²) in [5.74, 6) is 0. The summed E-state index contributed by atoms with van der Waals surface area (Å²) in [5.41, 5.74) is 5.40. The molecule has 19 heavy (non-hydrogen) atoms. The van der Waals surface area contributed by atoms with Crippen LogP contribution in [0.3, 0.4) is 0 Å². The van der Waals surface area contributed by atoms with Gasteiger partial charge < -0.3 is 10.5 Å². The second-order valence-electron chi connectivity index (χ2n) is 5.29. The molecule has 118 valence electrons.